The molecule has 4 heteroatoms. The minimum absolute atomic E-state index is 0.902. The Balaban J connectivity index is 1.79. The molecule has 0 N–H and O–H groups in total. The summed E-state index contributed by atoms with van der Waals surface area (Å²) in [5, 5.41) is 0. The number of benzene rings is 1. The minimum Gasteiger partial charge on any atom is -0.352 e. The normalized spacial score (nSPS) is 18.7. The molecule has 108 valence electrons. The lowest BCUT2D eigenvalue weighted by Crippen LogP contribution is -2.47. The highest BCUT2D eigenvalue weighted by Gasteiger charge is 2.23. The number of likely N-dealkylation sites (N-methyl/N-ethyl adjacent to an activating group) is 1. The molecule has 1 aromatic carbocycles. The minimum atomic E-state index is 0.902. The fourth-order valence-corrected chi connectivity index (χ4v) is 3.11. The maximum Gasteiger partial charge on any atom is 0.153 e. The van der Waals surface area contributed by atoms with E-state index in [1.807, 2.05) is 0 Å². The van der Waals surface area contributed by atoms with Crippen molar-refractivity contribution in [1.29, 1.82) is 0 Å². The summed E-state index contributed by atoms with van der Waals surface area (Å²) in [7, 11) is 2.18. The monoisotopic (exact) mass is 280 g/mol. The first kappa shape index (κ1) is 12.7. The average Bonchev–Trinajstić information content (AvgIpc) is 2.89. The molecule has 0 bridgehead atoms. The summed E-state index contributed by atoms with van der Waals surface area (Å²) in [5.41, 5.74) is 3.63. The van der Waals surface area contributed by atoms with Crippen molar-refractivity contribution in [2.75, 3.05) is 33.2 Å². The van der Waals surface area contributed by atoms with Gasteiger partial charge in [-0.2, -0.15) is 0 Å². The lowest BCUT2D eigenvalue weighted by molar-refractivity contribution is 0.215. The van der Waals surface area contributed by atoms with E-state index >= 15 is 0 Å². The highest BCUT2D eigenvalue weighted by atomic mass is 15.3. The number of hydrogen-bond donors (Lipinski definition) is 0. The van der Waals surface area contributed by atoms with Crippen molar-refractivity contribution in [3.05, 3.63) is 53.9 Å². The molecule has 0 spiro atoms. The van der Waals surface area contributed by atoms with Crippen molar-refractivity contribution in [1.82, 2.24) is 14.4 Å². The van der Waals surface area contributed by atoms with Gasteiger partial charge in [-0.25, -0.2) is 4.99 Å². The number of amidine groups is 1. The molecule has 2 aromatic rings. The van der Waals surface area contributed by atoms with Crippen LogP contribution < -0.4 is 0 Å². The molecule has 3 heterocycles. The van der Waals surface area contributed by atoms with E-state index in [1.165, 1.54) is 11.3 Å². The second-order valence-electron chi connectivity index (χ2n) is 5.88. The van der Waals surface area contributed by atoms with E-state index in [0.29, 0.717) is 0 Å². The summed E-state index contributed by atoms with van der Waals surface area (Å²) >= 11 is 0. The van der Waals surface area contributed by atoms with Crippen molar-refractivity contribution in [3.63, 3.8) is 0 Å². The molecule has 0 saturated carbocycles. The van der Waals surface area contributed by atoms with E-state index in [4.69, 9.17) is 4.99 Å². The van der Waals surface area contributed by atoms with E-state index in [-0.39, 0.29) is 0 Å². The Morgan fingerprint density at radius 1 is 0.952 bits per heavy atom. The topological polar surface area (TPSA) is 23.8 Å². The molecule has 0 amide bonds. The van der Waals surface area contributed by atoms with Crippen LogP contribution in [-0.2, 0) is 6.54 Å². The zero-order chi connectivity index (χ0) is 14.2. The molecule has 4 nitrogen and oxygen atoms in total. The Labute approximate surface area is 125 Å². The Kier molecular flexibility index (Phi) is 3.04. The third kappa shape index (κ3) is 2.25. The Hall–Kier alpha value is -2.07. The Morgan fingerprint density at radius 3 is 2.62 bits per heavy atom. The van der Waals surface area contributed by atoms with Gasteiger partial charge in [0.1, 0.15) is 0 Å². The molecular weight excluding hydrogens is 260 g/mol. The number of piperazine rings is 1. The highest BCUT2D eigenvalue weighted by molar-refractivity contribution is 5.99. The van der Waals surface area contributed by atoms with Crippen LogP contribution in [0, 0.1) is 0 Å². The van der Waals surface area contributed by atoms with Crippen molar-refractivity contribution >= 4 is 11.5 Å². The van der Waals surface area contributed by atoms with Crippen LogP contribution in [0.4, 0.5) is 5.69 Å². The van der Waals surface area contributed by atoms with Gasteiger partial charge < -0.3 is 14.4 Å². The van der Waals surface area contributed by atoms with Crippen LogP contribution in [-0.4, -0.2) is 53.4 Å². The van der Waals surface area contributed by atoms with Gasteiger partial charge in [0.15, 0.2) is 5.84 Å². The summed E-state index contributed by atoms with van der Waals surface area (Å²) in [4.78, 5) is 9.80. The van der Waals surface area contributed by atoms with Gasteiger partial charge >= 0.3 is 0 Å². The molecule has 0 aliphatic carbocycles. The predicted molar refractivity (Wildman–Crippen MR) is 85.2 cm³/mol. The van der Waals surface area contributed by atoms with E-state index in [2.05, 4.69) is 64.0 Å². The molecule has 0 atom stereocenters. The third-order valence-electron chi connectivity index (χ3n) is 4.42. The second-order valence-corrected chi connectivity index (χ2v) is 5.88. The first-order chi connectivity index (χ1) is 10.3. The maximum absolute atomic E-state index is 5.00. The van der Waals surface area contributed by atoms with E-state index < -0.39 is 0 Å². The highest BCUT2D eigenvalue weighted by Crippen LogP contribution is 2.26. The van der Waals surface area contributed by atoms with E-state index in [1.54, 1.807) is 0 Å². The Bertz CT molecular complexity index is 678. The van der Waals surface area contributed by atoms with Crippen LogP contribution in [0.3, 0.4) is 0 Å². The molecule has 0 radical (unpaired) electrons. The maximum atomic E-state index is 5.00. The SMILES string of the molecule is CN1CCN(C2=Nc3ccccc3Cn3cccc32)CC1. The smallest absolute Gasteiger partial charge is 0.153 e. The molecular formula is C17H20N4. The number of para-hydroxylation sites is 1. The molecule has 2 aliphatic heterocycles. The van der Waals surface area contributed by atoms with Crippen LogP contribution in [0.5, 0.6) is 0 Å². The zero-order valence-corrected chi connectivity index (χ0v) is 12.4. The lowest BCUT2D eigenvalue weighted by Gasteiger charge is -2.34. The molecule has 1 aromatic heterocycles. The van der Waals surface area contributed by atoms with Gasteiger partial charge in [0.05, 0.1) is 11.4 Å². The summed E-state index contributed by atoms with van der Waals surface area (Å²) in [6.07, 6.45) is 2.16. The first-order valence-electron chi connectivity index (χ1n) is 7.57. The largest absolute Gasteiger partial charge is 0.352 e. The standard InChI is InChI=1S/C17H20N4/c1-19-9-11-20(12-10-19)17-16-7-4-8-21(16)13-14-5-2-3-6-15(14)18-17/h2-8H,9-13H2,1H3. The van der Waals surface area contributed by atoms with Gasteiger partial charge in [-0.15, -0.1) is 0 Å². The second kappa shape index (κ2) is 5.04. The van der Waals surface area contributed by atoms with Crippen molar-refractivity contribution in [2.24, 2.45) is 4.99 Å². The van der Waals surface area contributed by atoms with Gasteiger partial charge in [-0.05, 0) is 30.8 Å². The van der Waals surface area contributed by atoms with Crippen molar-refractivity contribution < 1.29 is 0 Å². The molecule has 21 heavy (non-hydrogen) atoms. The zero-order valence-electron chi connectivity index (χ0n) is 12.4. The first-order valence-corrected chi connectivity index (χ1v) is 7.57. The van der Waals surface area contributed by atoms with Crippen molar-refractivity contribution in [3.8, 4) is 0 Å². The van der Waals surface area contributed by atoms with Crippen LogP contribution in [0.1, 0.15) is 11.3 Å². The third-order valence-corrected chi connectivity index (χ3v) is 4.42. The van der Waals surface area contributed by atoms with Crippen LogP contribution >= 0.6 is 0 Å². The number of aliphatic imine (C=N–C) groups is 1. The average molecular weight is 280 g/mol. The molecule has 1 saturated heterocycles. The molecule has 1 fully saturated rings. The fraction of sp³-hybridized carbons (Fsp3) is 0.353. The number of rotatable bonds is 0. The number of aromatic nitrogens is 1. The predicted octanol–water partition coefficient (Wildman–Crippen LogP) is 2.18. The summed E-state index contributed by atoms with van der Waals surface area (Å²) in [6, 6.07) is 12.8. The molecule has 2 aliphatic rings. The number of nitrogens with zero attached hydrogens (tertiary/aromatic N) is 4. The summed E-state index contributed by atoms with van der Waals surface area (Å²) in [6.45, 7) is 5.19. The quantitative estimate of drug-likeness (QED) is 0.738. The van der Waals surface area contributed by atoms with Gasteiger partial charge in [0.2, 0.25) is 0 Å². The Morgan fingerprint density at radius 2 is 1.76 bits per heavy atom. The summed E-state index contributed by atoms with van der Waals surface area (Å²) < 4.78 is 2.31. The van der Waals surface area contributed by atoms with Crippen molar-refractivity contribution in [2.45, 2.75) is 6.54 Å². The van der Waals surface area contributed by atoms with E-state index in [9.17, 15) is 0 Å². The van der Waals surface area contributed by atoms with Crippen LogP contribution in [0.2, 0.25) is 0 Å². The number of hydrogen-bond acceptors (Lipinski definition) is 3. The van der Waals surface area contributed by atoms with Crippen LogP contribution in [0.15, 0.2) is 47.6 Å². The van der Waals surface area contributed by atoms with Gasteiger partial charge in [-0.1, -0.05) is 18.2 Å². The summed E-state index contributed by atoms with van der Waals surface area (Å²) in [5.74, 6) is 1.12. The number of fused-ring (bicyclic) bond motifs is 2. The lowest BCUT2D eigenvalue weighted by atomic mass is 10.2. The van der Waals surface area contributed by atoms with E-state index in [0.717, 1.165) is 44.2 Å². The van der Waals surface area contributed by atoms with Gasteiger partial charge in [0, 0.05) is 38.9 Å². The van der Waals surface area contributed by atoms with Gasteiger partial charge in [-0.3, -0.25) is 0 Å². The van der Waals surface area contributed by atoms with Crippen LogP contribution in [0.25, 0.3) is 0 Å². The fourth-order valence-electron chi connectivity index (χ4n) is 3.11. The molecule has 0 unspecified atom stereocenters. The molecule has 4 rings (SSSR count). The van der Waals surface area contributed by atoms with Gasteiger partial charge in [0.25, 0.3) is 0 Å².